The van der Waals surface area contributed by atoms with Crippen molar-refractivity contribution in [3.8, 4) is 11.5 Å². The molecule has 0 saturated heterocycles. The Morgan fingerprint density at radius 2 is 1.92 bits per heavy atom. The fraction of sp³-hybridized carbons (Fsp3) is 0.111. The maximum atomic E-state index is 12.1. The van der Waals surface area contributed by atoms with E-state index in [0.717, 1.165) is 0 Å². The lowest BCUT2D eigenvalue weighted by atomic mass is 10.1. The fourth-order valence-corrected chi connectivity index (χ4v) is 2.46. The van der Waals surface area contributed by atoms with E-state index in [4.69, 9.17) is 25.8 Å². The quantitative estimate of drug-likeness (QED) is 0.627. The molecule has 1 aliphatic heterocycles. The summed E-state index contributed by atoms with van der Waals surface area (Å²) in [5.41, 5.74) is 1.43. The minimum absolute atomic E-state index is 0.174. The molecule has 0 bridgehead atoms. The van der Waals surface area contributed by atoms with Crippen LogP contribution in [0.3, 0.4) is 0 Å². The molecule has 0 aromatic heterocycles. The van der Waals surface area contributed by atoms with Crippen molar-refractivity contribution < 1.29 is 19.0 Å². The minimum Gasteiger partial charge on any atom is -0.497 e. The van der Waals surface area contributed by atoms with Crippen molar-refractivity contribution in [3.05, 3.63) is 64.3 Å². The first-order valence-electron chi connectivity index (χ1n) is 7.12. The van der Waals surface area contributed by atoms with Crippen molar-refractivity contribution in [2.45, 2.75) is 0 Å². The third-order valence-corrected chi connectivity index (χ3v) is 3.79. The number of benzene rings is 2. The zero-order valence-corrected chi connectivity index (χ0v) is 13.8. The Morgan fingerprint density at radius 3 is 2.62 bits per heavy atom. The van der Waals surface area contributed by atoms with Crippen molar-refractivity contribution in [2.24, 2.45) is 4.99 Å². The van der Waals surface area contributed by atoms with E-state index in [0.29, 0.717) is 27.6 Å². The van der Waals surface area contributed by atoms with Crippen LogP contribution < -0.4 is 9.47 Å². The standard InChI is InChI=1S/C18H14ClNO4/c1-22-12-8-7-11(16(10-12)23-2)9-15-18(21)24-17(20-15)13-5-3-4-6-14(13)19/h3-10H,1-2H3/b15-9+. The zero-order valence-electron chi connectivity index (χ0n) is 13.1. The molecule has 122 valence electrons. The van der Waals surface area contributed by atoms with Gasteiger partial charge >= 0.3 is 5.97 Å². The summed E-state index contributed by atoms with van der Waals surface area (Å²) in [4.78, 5) is 16.3. The lowest BCUT2D eigenvalue weighted by Gasteiger charge is -2.07. The molecule has 0 saturated carbocycles. The van der Waals surface area contributed by atoms with E-state index in [9.17, 15) is 4.79 Å². The molecule has 0 atom stereocenters. The number of ether oxygens (including phenoxy) is 3. The van der Waals surface area contributed by atoms with E-state index in [-0.39, 0.29) is 11.6 Å². The highest BCUT2D eigenvalue weighted by Crippen LogP contribution is 2.29. The van der Waals surface area contributed by atoms with Crippen molar-refractivity contribution in [1.82, 2.24) is 0 Å². The molecule has 0 radical (unpaired) electrons. The molecule has 2 aromatic rings. The molecular formula is C18H14ClNO4. The maximum absolute atomic E-state index is 12.1. The van der Waals surface area contributed by atoms with Crippen LogP contribution in [0.2, 0.25) is 5.02 Å². The summed E-state index contributed by atoms with van der Waals surface area (Å²) in [7, 11) is 3.11. The van der Waals surface area contributed by atoms with Crippen molar-refractivity contribution in [2.75, 3.05) is 14.2 Å². The van der Waals surface area contributed by atoms with Gasteiger partial charge in [0, 0.05) is 11.6 Å². The van der Waals surface area contributed by atoms with Gasteiger partial charge < -0.3 is 14.2 Å². The van der Waals surface area contributed by atoms with Gasteiger partial charge in [-0.05, 0) is 30.3 Å². The number of hydrogen-bond acceptors (Lipinski definition) is 5. The Kier molecular flexibility index (Phi) is 4.53. The normalized spacial score (nSPS) is 15.2. The molecule has 0 fully saturated rings. The molecule has 0 unspecified atom stereocenters. The maximum Gasteiger partial charge on any atom is 0.363 e. The molecule has 5 nitrogen and oxygen atoms in total. The summed E-state index contributed by atoms with van der Waals surface area (Å²) in [5, 5.41) is 0.465. The summed E-state index contributed by atoms with van der Waals surface area (Å²) in [6.07, 6.45) is 1.60. The van der Waals surface area contributed by atoms with Crippen LogP contribution in [-0.4, -0.2) is 26.1 Å². The highest BCUT2D eigenvalue weighted by Gasteiger charge is 2.25. The summed E-state index contributed by atoms with van der Waals surface area (Å²) in [6.45, 7) is 0. The van der Waals surface area contributed by atoms with Gasteiger partial charge in [0.05, 0.1) is 24.8 Å². The largest absolute Gasteiger partial charge is 0.497 e. The molecule has 2 aromatic carbocycles. The first-order valence-corrected chi connectivity index (χ1v) is 7.49. The summed E-state index contributed by atoms with van der Waals surface area (Å²) < 4.78 is 15.7. The molecule has 0 spiro atoms. The van der Waals surface area contributed by atoms with Crippen molar-refractivity contribution in [1.29, 1.82) is 0 Å². The first-order chi connectivity index (χ1) is 11.6. The number of halogens is 1. The average Bonchev–Trinajstić information content (AvgIpc) is 2.96. The van der Waals surface area contributed by atoms with Crippen LogP contribution in [0.5, 0.6) is 11.5 Å². The van der Waals surface area contributed by atoms with E-state index in [1.165, 1.54) is 0 Å². The summed E-state index contributed by atoms with van der Waals surface area (Å²) in [5.74, 6) is 0.867. The second-order valence-corrected chi connectivity index (χ2v) is 5.33. The molecule has 1 heterocycles. The number of carbonyl (C=O) groups excluding carboxylic acids is 1. The second kappa shape index (κ2) is 6.76. The lowest BCUT2D eigenvalue weighted by Crippen LogP contribution is -2.05. The Balaban J connectivity index is 1.99. The number of aliphatic imine (C=N–C) groups is 1. The fourth-order valence-electron chi connectivity index (χ4n) is 2.24. The van der Waals surface area contributed by atoms with E-state index < -0.39 is 5.97 Å². The van der Waals surface area contributed by atoms with E-state index in [1.807, 2.05) is 0 Å². The van der Waals surface area contributed by atoms with Gasteiger partial charge in [0.25, 0.3) is 0 Å². The third-order valence-electron chi connectivity index (χ3n) is 3.46. The molecule has 1 aliphatic rings. The van der Waals surface area contributed by atoms with Crippen molar-refractivity contribution in [3.63, 3.8) is 0 Å². The smallest absolute Gasteiger partial charge is 0.363 e. The molecule has 3 rings (SSSR count). The Bertz CT molecular complexity index is 858. The zero-order chi connectivity index (χ0) is 17.1. The van der Waals surface area contributed by atoms with Gasteiger partial charge in [-0.2, -0.15) is 0 Å². The van der Waals surface area contributed by atoms with Gasteiger partial charge in [-0.15, -0.1) is 0 Å². The number of cyclic esters (lactones) is 1. The van der Waals surface area contributed by atoms with Crippen LogP contribution in [-0.2, 0) is 9.53 Å². The van der Waals surface area contributed by atoms with Gasteiger partial charge in [0.1, 0.15) is 11.5 Å². The van der Waals surface area contributed by atoms with Crippen LogP contribution in [0.15, 0.2) is 53.2 Å². The SMILES string of the molecule is COc1ccc(/C=C2/N=C(c3ccccc3Cl)OC2=O)c(OC)c1. The van der Waals surface area contributed by atoms with E-state index in [1.54, 1.807) is 62.8 Å². The third kappa shape index (κ3) is 3.12. The molecule has 0 aliphatic carbocycles. The van der Waals surface area contributed by atoms with E-state index in [2.05, 4.69) is 4.99 Å². The van der Waals surface area contributed by atoms with Gasteiger partial charge in [-0.3, -0.25) is 0 Å². The van der Waals surface area contributed by atoms with Gasteiger partial charge in [0.2, 0.25) is 5.90 Å². The number of methoxy groups -OCH3 is 2. The number of nitrogens with zero attached hydrogens (tertiary/aromatic N) is 1. The second-order valence-electron chi connectivity index (χ2n) is 4.92. The first kappa shape index (κ1) is 16.1. The van der Waals surface area contributed by atoms with Crippen LogP contribution in [0.4, 0.5) is 0 Å². The monoisotopic (exact) mass is 343 g/mol. The van der Waals surface area contributed by atoms with Crippen molar-refractivity contribution >= 4 is 29.5 Å². The summed E-state index contributed by atoms with van der Waals surface area (Å²) >= 11 is 6.12. The lowest BCUT2D eigenvalue weighted by molar-refractivity contribution is -0.129. The highest BCUT2D eigenvalue weighted by molar-refractivity contribution is 6.34. The van der Waals surface area contributed by atoms with Gasteiger partial charge in [-0.1, -0.05) is 23.7 Å². The topological polar surface area (TPSA) is 57.1 Å². The van der Waals surface area contributed by atoms with Crippen LogP contribution >= 0.6 is 11.6 Å². The molecule has 6 heteroatoms. The Labute approximate surface area is 144 Å². The van der Waals surface area contributed by atoms with Crippen LogP contribution in [0, 0.1) is 0 Å². The Hall–Kier alpha value is -2.79. The van der Waals surface area contributed by atoms with Crippen LogP contribution in [0.25, 0.3) is 6.08 Å². The Morgan fingerprint density at radius 1 is 1.12 bits per heavy atom. The predicted molar refractivity (Wildman–Crippen MR) is 91.6 cm³/mol. The number of carbonyl (C=O) groups is 1. The van der Waals surface area contributed by atoms with Crippen LogP contribution in [0.1, 0.15) is 11.1 Å². The highest BCUT2D eigenvalue weighted by atomic mass is 35.5. The van der Waals surface area contributed by atoms with Gasteiger partial charge in [-0.25, -0.2) is 9.79 Å². The number of esters is 1. The molecular weight excluding hydrogens is 330 g/mol. The van der Waals surface area contributed by atoms with Gasteiger partial charge in [0.15, 0.2) is 5.70 Å². The number of rotatable bonds is 4. The predicted octanol–water partition coefficient (Wildman–Crippen LogP) is 3.70. The summed E-state index contributed by atoms with van der Waals surface area (Å²) in [6, 6.07) is 12.3. The number of hydrogen-bond donors (Lipinski definition) is 0. The molecule has 0 amide bonds. The minimum atomic E-state index is -0.539. The average molecular weight is 344 g/mol. The molecule has 0 N–H and O–H groups in total. The van der Waals surface area contributed by atoms with E-state index >= 15 is 0 Å². The molecule has 24 heavy (non-hydrogen) atoms.